The Kier molecular flexibility index (Phi) is 10.4. The molecule has 5 rings (SSSR count). The molecular weight excluding hydrogens is 525 g/mol. The zero-order valence-electron chi connectivity index (χ0n) is 25.3. The fourth-order valence-corrected chi connectivity index (χ4v) is 7.17. The molecule has 1 fully saturated rings. The number of allylic oxidation sites excluding steroid dienone is 4. The third-order valence-corrected chi connectivity index (χ3v) is 9.81. The van der Waals surface area contributed by atoms with Crippen molar-refractivity contribution in [2.24, 2.45) is 17.8 Å². The average Bonchev–Trinajstić information content (AvgIpc) is 3.02. The number of benzene rings is 3. The van der Waals surface area contributed by atoms with Gasteiger partial charge in [0, 0.05) is 11.1 Å². The van der Waals surface area contributed by atoms with Crippen molar-refractivity contribution in [3.05, 3.63) is 101 Å². The van der Waals surface area contributed by atoms with Crippen molar-refractivity contribution < 1.29 is 13.2 Å². The molecule has 1 saturated carbocycles. The number of hydrogen-bond acceptors (Lipinski definition) is 0. The molecule has 0 nitrogen and oxygen atoms in total. The van der Waals surface area contributed by atoms with Crippen LogP contribution in [0.15, 0.2) is 72.8 Å². The summed E-state index contributed by atoms with van der Waals surface area (Å²) in [6.07, 6.45) is 20.8. The SMILES string of the molecule is CC=CCc1ccc(-c2ccc(-c3ccc(C4=CCC(C5CCC(CCCCC)CC5)CC4)cc3F)cc2)c(F)c1F. The summed E-state index contributed by atoms with van der Waals surface area (Å²) in [6, 6.07) is 15.8. The average molecular weight is 571 g/mol. The van der Waals surface area contributed by atoms with E-state index in [1.165, 1.54) is 63.4 Å². The zero-order chi connectivity index (χ0) is 29.5. The molecule has 0 aliphatic heterocycles. The summed E-state index contributed by atoms with van der Waals surface area (Å²) >= 11 is 0. The van der Waals surface area contributed by atoms with Gasteiger partial charge < -0.3 is 0 Å². The highest BCUT2D eigenvalue weighted by atomic mass is 19.2. The van der Waals surface area contributed by atoms with Gasteiger partial charge in [0.05, 0.1) is 0 Å². The molecule has 3 aromatic carbocycles. The van der Waals surface area contributed by atoms with E-state index < -0.39 is 11.6 Å². The molecule has 3 aromatic rings. The first kappa shape index (κ1) is 30.4. The highest BCUT2D eigenvalue weighted by Gasteiger charge is 2.28. The quantitative estimate of drug-likeness (QED) is 0.168. The first-order valence-corrected chi connectivity index (χ1v) is 16.2. The molecule has 222 valence electrons. The van der Waals surface area contributed by atoms with Crippen molar-refractivity contribution in [1.82, 2.24) is 0 Å². The van der Waals surface area contributed by atoms with Gasteiger partial charge >= 0.3 is 0 Å². The Labute approximate surface area is 250 Å². The van der Waals surface area contributed by atoms with Gasteiger partial charge in [0.15, 0.2) is 11.6 Å². The highest BCUT2D eigenvalue weighted by molar-refractivity contribution is 5.74. The van der Waals surface area contributed by atoms with Gasteiger partial charge in [-0.3, -0.25) is 0 Å². The molecule has 0 heterocycles. The molecule has 0 amide bonds. The van der Waals surface area contributed by atoms with Crippen molar-refractivity contribution in [3.63, 3.8) is 0 Å². The first-order valence-electron chi connectivity index (χ1n) is 16.2. The lowest BCUT2D eigenvalue weighted by Crippen LogP contribution is -2.23. The van der Waals surface area contributed by atoms with Crippen LogP contribution in [0.4, 0.5) is 13.2 Å². The van der Waals surface area contributed by atoms with Crippen molar-refractivity contribution in [3.8, 4) is 22.3 Å². The van der Waals surface area contributed by atoms with Crippen LogP contribution in [0.5, 0.6) is 0 Å². The zero-order valence-corrected chi connectivity index (χ0v) is 25.3. The number of halogens is 3. The van der Waals surface area contributed by atoms with Crippen LogP contribution in [-0.4, -0.2) is 0 Å². The number of unbranched alkanes of at least 4 members (excludes halogenated alkanes) is 2. The second kappa shape index (κ2) is 14.4. The molecule has 2 aliphatic rings. The molecule has 42 heavy (non-hydrogen) atoms. The normalized spacial score (nSPS) is 21.1. The van der Waals surface area contributed by atoms with Crippen LogP contribution in [-0.2, 0) is 6.42 Å². The summed E-state index contributed by atoms with van der Waals surface area (Å²) in [7, 11) is 0. The van der Waals surface area contributed by atoms with E-state index in [0.717, 1.165) is 41.7 Å². The van der Waals surface area contributed by atoms with Crippen LogP contribution in [0.25, 0.3) is 27.8 Å². The largest absolute Gasteiger partial charge is 0.206 e. The van der Waals surface area contributed by atoms with E-state index in [2.05, 4.69) is 13.0 Å². The Balaban J connectivity index is 1.21. The topological polar surface area (TPSA) is 0 Å². The molecule has 3 heteroatoms. The van der Waals surface area contributed by atoms with Crippen molar-refractivity contribution in [2.75, 3.05) is 0 Å². The highest BCUT2D eigenvalue weighted by Crippen LogP contribution is 2.42. The maximum Gasteiger partial charge on any atom is 0.166 e. The minimum absolute atomic E-state index is 0.210. The Morgan fingerprint density at radius 2 is 1.43 bits per heavy atom. The second-order valence-electron chi connectivity index (χ2n) is 12.5. The molecule has 1 atom stereocenters. The summed E-state index contributed by atoms with van der Waals surface area (Å²) in [5, 5.41) is 0. The van der Waals surface area contributed by atoms with Gasteiger partial charge in [-0.15, -0.1) is 0 Å². The maximum absolute atomic E-state index is 15.4. The van der Waals surface area contributed by atoms with E-state index >= 15 is 4.39 Å². The minimum atomic E-state index is -0.849. The molecular formula is C39H45F3. The summed E-state index contributed by atoms with van der Waals surface area (Å²) < 4.78 is 44.7. The molecule has 0 N–H and O–H groups in total. The van der Waals surface area contributed by atoms with Crippen LogP contribution in [0.2, 0.25) is 0 Å². The molecule has 0 spiro atoms. The fourth-order valence-electron chi connectivity index (χ4n) is 7.17. The molecule has 1 unspecified atom stereocenters. The summed E-state index contributed by atoms with van der Waals surface area (Å²) in [5.41, 5.74) is 4.58. The lowest BCUT2D eigenvalue weighted by Gasteiger charge is -2.35. The van der Waals surface area contributed by atoms with Gasteiger partial charge in [-0.2, -0.15) is 0 Å². The van der Waals surface area contributed by atoms with Crippen molar-refractivity contribution in [2.45, 2.75) is 90.9 Å². The fraction of sp³-hybridized carbons (Fsp3) is 0.436. The lowest BCUT2D eigenvalue weighted by atomic mass is 9.70. The molecule has 0 aromatic heterocycles. The predicted octanol–water partition coefficient (Wildman–Crippen LogP) is 12.1. The van der Waals surface area contributed by atoms with Gasteiger partial charge in [-0.1, -0.05) is 112 Å². The van der Waals surface area contributed by atoms with Gasteiger partial charge in [-0.25, -0.2) is 13.2 Å². The Morgan fingerprint density at radius 3 is 2.07 bits per heavy atom. The van der Waals surface area contributed by atoms with E-state index in [4.69, 9.17) is 0 Å². The molecule has 0 radical (unpaired) electrons. The Morgan fingerprint density at radius 1 is 0.738 bits per heavy atom. The van der Waals surface area contributed by atoms with Gasteiger partial charge in [0.1, 0.15) is 5.82 Å². The lowest BCUT2D eigenvalue weighted by molar-refractivity contribution is 0.187. The number of rotatable bonds is 10. The van der Waals surface area contributed by atoms with Gasteiger partial charge in [0.2, 0.25) is 0 Å². The van der Waals surface area contributed by atoms with Crippen LogP contribution in [0.3, 0.4) is 0 Å². The van der Waals surface area contributed by atoms with E-state index in [1.807, 2.05) is 25.1 Å². The molecule has 0 bridgehead atoms. The van der Waals surface area contributed by atoms with Crippen LogP contribution in [0, 0.1) is 35.2 Å². The van der Waals surface area contributed by atoms with Crippen molar-refractivity contribution in [1.29, 1.82) is 0 Å². The summed E-state index contributed by atoms with van der Waals surface area (Å²) in [5.74, 6) is 0.659. The van der Waals surface area contributed by atoms with Crippen LogP contribution in [0.1, 0.15) is 95.6 Å². The standard InChI is InChI=1S/C39H45F3/c1-3-5-7-8-27-10-12-28(13-11-27)29-14-16-30(17-15-29)34-23-24-35(37(40)26-34)31-18-20-32(21-19-31)36-25-22-33(9-6-4-2)38(41)39(36)42/h4,6,16,18-29H,3,5,7-15,17H2,1-2H3. The first-order chi connectivity index (χ1) is 20.5. The van der Waals surface area contributed by atoms with E-state index in [-0.39, 0.29) is 11.4 Å². The third kappa shape index (κ3) is 7.10. The van der Waals surface area contributed by atoms with Crippen LogP contribution >= 0.6 is 0 Å². The third-order valence-electron chi connectivity index (χ3n) is 9.81. The smallest absolute Gasteiger partial charge is 0.166 e. The van der Waals surface area contributed by atoms with E-state index in [0.29, 0.717) is 23.1 Å². The summed E-state index contributed by atoms with van der Waals surface area (Å²) in [6.45, 7) is 4.13. The van der Waals surface area contributed by atoms with Crippen LogP contribution < -0.4 is 0 Å². The van der Waals surface area contributed by atoms with E-state index in [9.17, 15) is 8.78 Å². The van der Waals surface area contributed by atoms with Gasteiger partial charge in [0.25, 0.3) is 0 Å². The van der Waals surface area contributed by atoms with Crippen molar-refractivity contribution >= 4 is 5.57 Å². The number of hydrogen-bond donors (Lipinski definition) is 0. The minimum Gasteiger partial charge on any atom is -0.206 e. The van der Waals surface area contributed by atoms with E-state index in [1.54, 1.807) is 48.5 Å². The monoisotopic (exact) mass is 570 g/mol. The molecule has 0 saturated heterocycles. The second-order valence-corrected chi connectivity index (χ2v) is 12.5. The maximum atomic E-state index is 15.4. The van der Waals surface area contributed by atoms with Gasteiger partial charge in [-0.05, 0) is 97.1 Å². The predicted molar refractivity (Wildman–Crippen MR) is 171 cm³/mol. The Bertz CT molecular complexity index is 1390. The summed E-state index contributed by atoms with van der Waals surface area (Å²) in [4.78, 5) is 0. The Hall–Kier alpha value is -3.07. The molecule has 2 aliphatic carbocycles.